The summed E-state index contributed by atoms with van der Waals surface area (Å²) in [6.07, 6.45) is 0.938. The normalized spacial score (nSPS) is 22.1. The molecule has 1 aromatic rings. The average Bonchev–Trinajstić information content (AvgIpc) is 2.61. The van der Waals surface area contributed by atoms with E-state index >= 15 is 0 Å². The second kappa shape index (κ2) is 3.98. The first-order valence-electron chi connectivity index (χ1n) is 4.31. The van der Waals surface area contributed by atoms with Crippen LogP contribution in [0.1, 0.15) is 11.3 Å². The summed E-state index contributed by atoms with van der Waals surface area (Å²) < 4.78 is 0.133. The molecule has 76 valence electrons. The summed E-state index contributed by atoms with van der Waals surface area (Å²) in [5, 5.41) is 1.74. The molecule has 1 amide bonds. The third-order valence-corrected chi connectivity index (χ3v) is 4.98. The van der Waals surface area contributed by atoms with Crippen molar-refractivity contribution in [2.75, 3.05) is 11.4 Å². The van der Waals surface area contributed by atoms with Gasteiger partial charge in [-0.25, -0.2) is 0 Å². The molecule has 2 heterocycles. The topological polar surface area (TPSA) is 20.3 Å². The number of halogens is 2. The van der Waals surface area contributed by atoms with Crippen LogP contribution in [0.25, 0.3) is 0 Å². The van der Waals surface area contributed by atoms with Crippen LogP contribution in [0.5, 0.6) is 0 Å². The van der Waals surface area contributed by atoms with Gasteiger partial charge >= 0.3 is 0 Å². The first-order valence-corrected chi connectivity index (χ1v) is 6.75. The van der Waals surface area contributed by atoms with Crippen LogP contribution in [0.2, 0.25) is 5.02 Å². The average molecular weight is 342 g/mol. The lowest BCUT2D eigenvalue weighted by molar-refractivity contribution is -0.116. The van der Waals surface area contributed by atoms with E-state index < -0.39 is 0 Å². The SMILES string of the molecule is Cc1sc(N2CCC(I)C2=O)cc1Cl. The predicted molar refractivity (Wildman–Crippen MR) is 68.8 cm³/mol. The second-order valence-corrected chi connectivity index (χ2v) is 6.38. The fourth-order valence-electron chi connectivity index (χ4n) is 1.44. The zero-order valence-electron chi connectivity index (χ0n) is 7.59. The predicted octanol–water partition coefficient (Wildman–Crippen LogP) is 3.25. The Morgan fingerprint density at radius 2 is 2.43 bits per heavy atom. The van der Waals surface area contributed by atoms with Crippen LogP contribution in [-0.4, -0.2) is 16.4 Å². The van der Waals surface area contributed by atoms with E-state index in [1.165, 1.54) is 0 Å². The van der Waals surface area contributed by atoms with E-state index in [1.807, 2.05) is 17.9 Å². The van der Waals surface area contributed by atoms with Crippen molar-refractivity contribution in [3.05, 3.63) is 16.0 Å². The van der Waals surface area contributed by atoms with Crippen LogP contribution in [0.4, 0.5) is 5.00 Å². The van der Waals surface area contributed by atoms with Crippen LogP contribution in [0.3, 0.4) is 0 Å². The Morgan fingerprint density at radius 1 is 1.71 bits per heavy atom. The zero-order valence-corrected chi connectivity index (χ0v) is 11.3. The number of thiophene rings is 1. The van der Waals surface area contributed by atoms with Gasteiger partial charge in [0.1, 0.15) is 0 Å². The van der Waals surface area contributed by atoms with Gasteiger partial charge < -0.3 is 4.90 Å². The van der Waals surface area contributed by atoms with Crippen LogP contribution in [0, 0.1) is 6.92 Å². The van der Waals surface area contributed by atoms with Crippen LogP contribution >= 0.6 is 45.5 Å². The van der Waals surface area contributed by atoms with E-state index in [-0.39, 0.29) is 9.83 Å². The lowest BCUT2D eigenvalue weighted by Gasteiger charge is -2.12. The fourth-order valence-corrected chi connectivity index (χ4v) is 3.28. The highest BCUT2D eigenvalue weighted by Gasteiger charge is 2.31. The monoisotopic (exact) mass is 341 g/mol. The summed E-state index contributed by atoms with van der Waals surface area (Å²) in [4.78, 5) is 14.6. The standard InChI is InChI=1S/C9H9ClINOS/c1-5-6(10)4-8(14-5)12-3-2-7(11)9(12)13/h4,7H,2-3H2,1H3. The summed E-state index contributed by atoms with van der Waals surface area (Å²) in [6, 6.07) is 1.88. The molecule has 1 saturated heterocycles. The Balaban J connectivity index is 2.28. The third kappa shape index (κ3) is 1.79. The Morgan fingerprint density at radius 3 is 2.86 bits per heavy atom. The van der Waals surface area contributed by atoms with E-state index in [1.54, 1.807) is 11.3 Å². The number of alkyl halides is 1. The smallest absolute Gasteiger partial charge is 0.240 e. The Kier molecular flexibility index (Phi) is 3.04. The number of carbonyl (C=O) groups excluding carboxylic acids is 1. The number of nitrogens with zero attached hydrogens (tertiary/aromatic N) is 1. The Bertz CT molecular complexity index is 359. The number of amides is 1. The minimum Gasteiger partial charge on any atom is -0.303 e. The molecule has 14 heavy (non-hydrogen) atoms. The number of carbonyl (C=O) groups is 1. The molecule has 0 saturated carbocycles. The molecular formula is C9H9ClINOS. The lowest BCUT2D eigenvalue weighted by atomic mass is 10.4. The second-order valence-electron chi connectivity index (χ2n) is 3.23. The molecule has 5 heteroatoms. The summed E-state index contributed by atoms with van der Waals surface area (Å²) in [6.45, 7) is 2.79. The van der Waals surface area contributed by atoms with Gasteiger partial charge in [0, 0.05) is 11.4 Å². The molecule has 0 spiro atoms. The number of hydrogen-bond donors (Lipinski definition) is 0. The van der Waals surface area contributed by atoms with Crippen molar-refractivity contribution < 1.29 is 4.79 Å². The molecule has 0 radical (unpaired) electrons. The van der Waals surface area contributed by atoms with Gasteiger partial charge in [0.25, 0.3) is 0 Å². The Hall–Kier alpha value is 0.190. The number of anilines is 1. The molecule has 1 aliphatic rings. The van der Waals surface area contributed by atoms with Crippen LogP contribution in [0.15, 0.2) is 6.07 Å². The van der Waals surface area contributed by atoms with Crippen molar-refractivity contribution in [2.45, 2.75) is 17.3 Å². The van der Waals surface area contributed by atoms with Crippen molar-refractivity contribution in [3.63, 3.8) is 0 Å². The molecule has 2 nitrogen and oxygen atoms in total. The van der Waals surface area contributed by atoms with Gasteiger partial charge in [-0.15, -0.1) is 11.3 Å². The van der Waals surface area contributed by atoms with E-state index in [2.05, 4.69) is 22.6 Å². The zero-order chi connectivity index (χ0) is 10.3. The molecule has 0 bridgehead atoms. The number of hydrogen-bond acceptors (Lipinski definition) is 2. The molecule has 1 aromatic heterocycles. The Labute approximate surface area is 105 Å². The molecule has 1 atom stereocenters. The first-order chi connectivity index (χ1) is 6.59. The maximum absolute atomic E-state index is 11.7. The minimum atomic E-state index is 0.133. The number of rotatable bonds is 1. The fraction of sp³-hybridized carbons (Fsp3) is 0.444. The lowest BCUT2D eigenvalue weighted by Crippen LogP contribution is -2.25. The maximum atomic E-state index is 11.7. The third-order valence-electron chi connectivity index (χ3n) is 2.25. The van der Waals surface area contributed by atoms with Gasteiger partial charge in [0.2, 0.25) is 5.91 Å². The van der Waals surface area contributed by atoms with Gasteiger partial charge in [-0.05, 0) is 19.4 Å². The summed E-state index contributed by atoms with van der Waals surface area (Å²) >= 11 is 9.75. The summed E-state index contributed by atoms with van der Waals surface area (Å²) in [5.41, 5.74) is 0. The van der Waals surface area contributed by atoms with Gasteiger partial charge in [-0.1, -0.05) is 34.2 Å². The van der Waals surface area contributed by atoms with Crippen molar-refractivity contribution in [2.24, 2.45) is 0 Å². The van der Waals surface area contributed by atoms with E-state index in [0.29, 0.717) is 0 Å². The highest BCUT2D eigenvalue weighted by Crippen LogP contribution is 2.35. The van der Waals surface area contributed by atoms with Crippen molar-refractivity contribution in [3.8, 4) is 0 Å². The number of aryl methyl sites for hydroxylation is 1. The molecule has 2 rings (SSSR count). The van der Waals surface area contributed by atoms with E-state index in [9.17, 15) is 4.79 Å². The van der Waals surface area contributed by atoms with Gasteiger partial charge in [-0.2, -0.15) is 0 Å². The molecular weight excluding hydrogens is 333 g/mol. The molecule has 1 unspecified atom stereocenters. The first kappa shape index (κ1) is 10.7. The van der Waals surface area contributed by atoms with E-state index in [4.69, 9.17) is 11.6 Å². The van der Waals surface area contributed by atoms with Crippen molar-refractivity contribution >= 4 is 56.4 Å². The quantitative estimate of drug-likeness (QED) is 0.567. The summed E-state index contributed by atoms with van der Waals surface area (Å²) in [7, 11) is 0. The minimum absolute atomic E-state index is 0.133. The van der Waals surface area contributed by atoms with Gasteiger partial charge in [0.15, 0.2) is 0 Å². The largest absolute Gasteiger partial charge is 0.303 e. The van der Waals surface area contributed by atoms with Crippen molar-refractivity contribution in [1.82, 2.24) is 0 Å². The molecule has 0 aliphatic carbocycles. The van der Waals surface area contributed by atoms with Crippen molar-refractivity contribution in [1.29, 1.82) is 0 Å². The van der Waals surface area contributed by atoms with Crippen LogP contribution < -0.4 is 4.90 Å². The van der Waals surface area contributed by atoms with Gasteiger partial charge in [0.05, 0.1) is 13.9 Å². The molecule has 1 aliphatic heterocycles. The highest BCUT2D eigenvalue weighted by molar-refractivity contribution is 14.1. The molecule has 0 aromatic carbocycles. The van der Waals surface area contributed by atoms with Crippen LogP contribution in [-0.2, 0) is 4.79 Å². The molecule has 1 fully saturated rings. The molecule has 0 N–H and O–H groups in total. The maximum Gasteiger partial charge on any atom is 0.240 e. The highest BCUT2D eigenvalue weighted by atomic mass is 127. The van der Waals surface area contributed by atoms with Gasteiger partial charge in [-0.3, -0.25) is 4.79 Å². The van der Waals surface area contributed by atoms with E-state index in [0.717, 1.165) is 27.9 Å². The summed E-state index contributed by atoms with van der Waals surface area (Å²) in [5.74, 6) is 0.212.